The first-order valence-corrected chi connectivity index (χ1v) is 8.28. The number of hydrogen-bond donors (Lipinski definition) is 2. The fourth-order valence-electron chi connectivity index (χ4n) is 2.94. The second kappa shape index (κ2) is 7.05. The molecule has 6 heteroatoms. The average molecular weight is 340 g/mol. The van der Waals surface area contributed by atoms with Crippen LogP contribution in [0.25, 0.3) is 0 Å². The predicted molar refractivity (Wildman–Crippen MR) is 88.4 cm³/mol. The highest BCUT2D eigenvalue weighted by atomic mass is 19.1. The molecule has 1 fully saturated rings. The second-order valence-corrected chi connectivity index (χ2v) is 7.69. The molecule has 0 aliphatic carbocycles. The van der Waals surface area contributed by atoms with Gasteiger partial charge in [-0.15, -0.1) is 0 Å². The number of carbonyl (C=O) groups is 1. The smallest absolute Gasteiger partial charge is 0.317 e. The van der Waals surface area contributed by atoms with Crippen LogP contribution in [-0.4, -0.2) is 35.2 Å². The van der Waals surface area contributed by atoms with Crippen molar-refractivity contribution in [2.24, 2.45) is 11.3 Å². The number of carbonyl (C=O) groups excluding carboxylic acids is 1. The Kier molecular flexibility index (Phi) is 5.48. The highest BCUT2D eigenvalue weighted by Gasteiger charge is 2.33. The van der Waals surface area contributed by atoms with Crippen molar-refractivity contribution < 1.29 is 18.7 Å². The zero-order chi connectivity index (χ0) is 18.1. The van der Waals surface area contributed by atoms with Crippen LogP contribution >= 0.6 is 0 Å². The molecule has 4 nitrogen and oxygen atoms in total. The molecular formula is C18H26F2N2O2. The minimum Gasteiger partial charge on any atom is -0.391 e. The van der Waals surface area contributed by atoms with E-state index in [9.17, 15) is 18.7 Å². The first-order chi connectivity index (χ1) is 11.1. The van der Waals surface area contributed by atoms with E-state index in [-0.39, 0.29) is 24.1 Å². The number of rotatable bonds is 2. The normalized spacial score (nSPS) is 23.0. The number of piperidine rings is 1. The monoisotopic (exact) mass is 340 g/mol. The maximum atomic E-state index is 14.2. The van der Waals surface area contributed by atoms with Crippen molar-refractivity contribution in [1.82, 2.24) is 10.2 Å². The molecule has 2 rings (SSSR count). The van der Waals surface area contributed by atoms with Gasteiger partial charge in [0.15, 0.2) is 0 Å². The molecule has 0 aromatic heterocycles. The first-order valence-electron chi connectivity index (χ1n) is 8.28. The van der Waals surface area contributed by atoms with E-state index in [0.29, 0.717) is 6.54 Å². The lowest BCUT2D eigenvalue weighted by Crippen LogP contribution is -2.51. The van der Waals surface area contributed by atoms with Crippen molar-refractivity contribution in [2.45, 2.75) is 46.3 Å². The van der Waals surface area contributed by atoms with E-state index in [4.69, 9.17) is 0 Å². The Labute approximate surface area is 141 Å². The lowest BCUT2D eigenvalue weighted by molar-refractivity contribution is 0.0419. The van der Waals surface area contributed by atoms with Crippen LogP contribution in [-0.2, 0) is 0 Å². The fraction of sp³-hybridized carbons (Fsp3) is 0.611. The highest BCUT2D eigenvalue weighted by molar-refractivity contribution is 5.75. The van der Waals surface area contributed by atoms with Crippen LogP contribution < -0.4 is 5.32 Å². The van der Waals surface area contributed by atoms with E-state index in [2.05, 4.69) is 5.32 Å². The third kappa shape index (κ3) is 4.23. The van der Waals surface area contributed by atoms with Crippen LogP contribution in [0, 0.1) is 23.0 Å². The number of aliphatic hydroxyl groups excluding tert-OH is 1. The number of benzene rings is 1. The lowest BCUT2D eigenvalue weighted by atomic mass is 9.82. The maximum Gasteiger partial charge on any atom is 0.317 e. The summed E-state index contributed by atoms with van der Waals surface area (Å²) in [5, 5.41) is 12.8. The summed E-state index contributed by atoms with van der Waals surface area (Å²) in [5.41, 5.74) is -0.209. The molecule has 3 unspecified atom stereocenters. The fourth-order valence-corrected chi connectivity index (χ4v) is 2.94. The number of hydrogen-bond acceptors (Lipinski definition) is 2. The van der Waals surface area contributed by atoms with Crippen molar-refractivity contribution in [3.8, 4) is 0 Å². The summed E-state index contributed by atoms with van der Waals surface area (Å²) in [4.78, 5) is 14.1. The molecule has 24 heavy (non-hydrogen) atoms. The van der Waals surface area contributed by atoms with E-state index in [0.717, 1.165) is 12.5 Å². The largest absolute Gasteiger partial charge is 0.391 e. The van der Waals surface area contributed by atoms with Gasteiger partial charge in [-0.3, -0.25) is 0 Å². The molecular weight excluding hydrogens is 314 g/mol. The van der Waals surface area contributed by atoms with Crippen molar-refractivity contribution in [2.75, 3.05) is 13.1 Å². The zero-order valence-electron chi connectivity index (χ0n) is 14.6. The molecule has 2 amide bonds. The van der Waals surface area contributed by atoms with Crippen LogP contribution in [0.1, 0.15) is 45.7 Å². The minimum atomic E-state index is -0.678. The number of amides is 2. The topological polar surface area (TPSA) is 52.6 Å². The van der Waals surface area contributed by atoms with Gasteiger partial charge in [-0.2, -0.15) is 0 Å². The number of likely N-dealkylation sites (tertiary alicyclic amines) is 1. The molecule has 0 radical (unpaired) electrons. The van der Waals surface area contributed by atoms with Gasteiger partial charge < -0.3 is 15.3 Å². The number of nitrogens with zero attached hydrogens (tertiary/aromatic N) is 1. The molecule has 1 aliphatic rings. The van der Waals surface area contributed by atoms with E-state index >= 15 is 0 Å². The second-order valence-electron chi connectivity index (χ2n) is 7.69. The van der Waals surface area contributed by atoms with Crippen LogP contribution in [0.4, 0.5) is 13.6 Å². The van der Waals surface area contributed by atoms with Crippen molar-refractivity contribution >= 4 is 6.03 Å². The molecule has 2 N–H and O–H groups in total. The molecule has 1 aromatic rings. The van der Waals surface area contributed by atoms with Gasteiger partial charge in [0, 0.05) is 24.7 Å². The Morgan fingerprint density at radius 2 is 2.04 bits per heavy atom. The molecule has 1 heterocycles. The Morgan fingerprint density at radius 1 is 1.38 bits per heavy atom. The van der Waals surface area contributed by atoms with Crippen LogP contribution in [0.5, 0.6) is 0 Å². The Bertz CT molecular complexity index is 601. The summed E-state index contributed by atoms with van der Waals surface area (Å²) in [7, 11) is 0. The first kappa shape index (κ1) is 18.6. The summed E-state index contributed by atoms with van der Waals surface area (Å²) in [5.74, 6) is -1.17. The van der Waals surface area contributed by atoms with Crippen molar-refractivity contribution in [1.29, 1.82) is 0 Å². The summed E-state index contributed by atoms with van der Waals surface area (Å²) in [6, 6.07) is 2.43. The number of urea groups is 1. The summed E-state index contributed by atoms with van der Waals surface area (Å²) in [6.07, 6.45) is 0.166. The third-order valence-electron chi connectivity index (χ3n) is 4.61. The summed E-state index contributed by atoms with van der Waals surface area (Å²) in [6.45, 7) is 8.41. The maximum absolute atomic E-state index is 14.2. The molecule has 3 atom stereocenters. The van der Waals surface area contributed by atoms with Gasteiger partial charge in [-0.1, -0.05) is 33.8 Å². The van der Waals surface area contributed by atoms with Crippen LogP contribution in [0.3, 0.4) is 0 Å². The SMILES string of the molecule is CC1CCN(C(=O)NC(c2ccc(F)cc2F)C(C)(C)C)CC1O. The van der Waals surface area contributed by atoms with Gasteiger partial charge in [-0.05, 0) is 23.8 Å². The van der Waals surface area contributed by atoms with E-state index in [1.165, 1.54) is 12.1 Å². The molecule has 1 aromatic carbocycles. The van der Waals surface area contributed by atoms with E-state index < -0.39 is 29.2 Å². The Balaban J connectivity index is 2.19. The minimum absolute atomic E-state index is 0.155. The Morgan fingerprint density at radius 3 is 2.58 bits per heavy atom. The van der Waals surface area contributed by atoms with Gasteiger partial charge in [0.1, 0.15) is 11.6 Å². The Hall–Kier alpha value is -1.69. The number of aliphatic hydroxyl groups is 1. The van der Waals surface area contributed by atoms with E-state index in [1.807, 2.05) is 27.7 Å². The molecule has 1 aliphatic heterocycles. The lowest BCUT2D eigenvalue weighted by Gasteiger charge is -2.38. The molecule has 0 bridgehead atoms. The molecule has 134 valence electrons. The van der Waals surface area contributed by atoms with Gasteiger partial charge in [0.2, 0.25) is 0 Å². The molecule has 1 saturated heterocycles. The standard InChI is InChI=1S/C18H26F2N2O2/c1-11-7-8-22(10-15(11)23)17(24)21-16(18(2,3)4)13-6-5-12(19)9-14(13)20/h5-6,9,11,15-16,23H,7-8,10H2,1-4H3,(H,21,24). The average Bonchev–Trinajstić information content (AvgIpc) is 2.47. The summed E-state index contributed by atoms with van der Waals surface area (Å²) >= 11 is 0. The van der Waals surface area contributed by atoms with Gasteiger partial charge in [0.25, 0.3) is 0 Å². The van der Waals surface area contributed by atoms with Gasteiger partial charge in [-0.25, -0.2) is 13.6 Å². The number of β-amino-alcohol motifs (C(OH)–C–C–N with tert-alkyl or cyclic N) is 1. The molecule has 0 saturated carbocycles. The zero-order valence-corrected chi connectivity index (χ0v) is 14.6. The van der Waals surface area contributed by atoms with E-state index in [1.54, 1.807) is 4.90 Å². The number of nitrogens with one attached hydrogen (secondary N) is 1. The number of halogens is 2. The quantitative estimate of drug-likeness (QED) is 0.866. The van der Waals surface area contributed by atoms with Crippen molar-refractivity contribution in [3.63, 3.8) is 0 Å². The third-order valence-corrected chi connectivity index (χ3v) is 4.61. The van der Waals surface area contributed by atoms with Gasteiger partial charge in [0.05, 0.1) is 12.1 Å². The predicted octanol–water partition coefficient (Wildman–Crippen LogP) is 3.46. The van der Waals surface area contributed by atoms with Crippen LogP contribution in [0.15, 0.2) is 18.2 Å². The highest BCUT2D eigenvalue weighted by Crippen LogP contribution is 2.34. The van der Waals surface area contributed by atoms with Crippen molar-refractivity contribution in [3.05, 3.63) is 35.4 Å². The van der Waals surface area contributed by atoms with Crippen LogP contribution in [0.2, 0.25) is 0 Å². The summed E-state index contributed by atoms with van der Waals surface area (Å²) < 4.78 is 27.4. The van der Waals surface area contributed by atoms with Gasteiger partial charge >= 0.3 is 6.03 Å². The molecule has 0 spiro atoms.